The fraction of sp³-hybridized carbons (Fsp3) is 0.231. The molecule has 0 radical (unpaired) electrons. The van der Waals surface area contributed by atoms with Gasteiger partial charge in [-0.3, -0.25) is 9.59 Å². The highest BCUT2D eigenvalue weighted by Gasteiger charge is 2.06. The topological polar surface area (TPSA) is 51.1 Å². The van der Waals surface area contributed by atoms with E-state index in [1.165, 1.54) is 0 Å². The number of rotatable bonds is 4. The third-order valence-corrected chi connectivity index (χ3v) is 3.70. The molecule has 0 aliphatic heterocycles. The number of aromatic nitrogens is 1. The summed E-state index contributed by atoms with van der Waals surface area (Å²) in [5.41, 5.74) is 0.720. The second-order valence-electron chi connectivity index (χ2n) is 4.12. The fourth-order valence-electron chi connectivity index (χ4n) is 1.60. The van der Waals surface area contributed by atoms with Crippen LogP contribution in [0.3, 0.4) is 0 Å². The summed E-state index contributed by atoms with van der Waals surface area (Å²) in [6.07, 6.45) is 1.03. The van der Waals surface area contributed by atoms with E-state index in [1.807, 2.05) is 18.4 Å². The highest BCUT2D eigenvalue weighted by atomic mass is 32.1. The van der Waals surface area contributed by atoms with Gasteiger partial charge in [-0.1, -0.05) is 0 Å². The van der Waals surface area contributed by atoms with Crippen LogP contribution < -0.4 is 10.9 Å². The summed E-state index contributed by atoms with van der Waals surface area (Å²) in [4.78, 5) is 24.2. The van der Waals surface area contributed by atoms with E-state index < -0.39 is 11.4 Å². The van der Waals surface area contributed by atoms with Gasteiger partial charge in [0, 0.05) is 17.1 Å². The lowest BCUT2D eigenvalue weighted by molar-refractivity contribution is -0.121. The molecule has 1 amide bonds. The molecule has 0 spiro atoms. The monoisotopic (exact) mass is 280 g/mol. The van der Waals surface area contributed by atoms with Gasteiger partial charge in [-0.25, -0.2) is 4.39 Å². The molecule has 2 heterocycles. The van der Waals surface area contributed by atoms with Gasteiger partial charge < -0.3 is 9.88 Å². The zero-order valence-corrected chi connectivity index (χ0v) is 11.2. The van der Waals surface area contributed by atoms with E-state index in [9.17, 15) is 14.0 Å². The Kier molecular flexibility index (Phi) is 4.11. The summed E-state index contributed by atoms with van der Waals surface area (Å²) in [5.74, 6) is -0.859. The van der Waals surface area contributed by atoms with Crippen molar-refractivity contribution in [2.75, 3.05) is 0 Å². The first-order valence-corrected chi connectivity index (χ1v) is 6.60. The second kappa shape index (κ2) is 5.79. The highest BCUT2D eigenvalue weighted by Crippen LogP contribution is 2.14. The first-order valence-electron chi connectivity index (χ1n) is 5.72. The number of hydrogen-bond acceptors (Lipinski definition) is 3. The quantitative estimate of drug-likeness (QED) is 0.926. The van der Waals surface area contributed by atoms with Crippen molar-refractivity contribution in [3.63, 3.8) is 0 Å². The van der Waals surface area contributed by atoms with Crippen LogP contribution >= 0.6 is 11.3 Å². The number of pyridine rings is 1. The van der Waals surface area contributed by atoms with E-state index in [4.69, 9.17) is 0 Å². The van der Waals surface area contributed by atoms with E-state index >= 15 is 0 Å². The number of aryl methyl sites for hydroxylation is 1. The summed E-state index contributed by atoms with van der Waals surface area (Å²) in [6, 6.07) is 4.15. The molecule has 0 saturated heterocycles. The number of carbonyl (C=O) groups excluding carboxylic acids is 1. The SMILES string of the molecule is Cc1ccsc1CNC(=O)Cn1cc(F)ccc1=O. The van der Waals surface area contributed by atoms with Crippen molar-refractivity contribution < 1.29 is 9.18 Å². The molecule has 2 rings (SSSR count). The zero-order chi connectivity index (χ0) is 13.8. The van der Waals surface area contributed by atoms with Crippen molar-refractivity contribution in [3.8, 4) is 0 Å². The molecule has 2 aromatic rings. The predicted molar refractivity (Wildman–Crippen MR) is 71.6 cm³/mol. The van der Waals surface area contributed by atoms with Crippen molar-refractivity contribution >= 4 is 17.2 Å². The first-order chi connectivity index (χ1) is 9.06. The average molecular weight is 280 g/mol. The summed E-state index contributed by atoms with van der Waals surface area (Å²) in [6.45, 7) is 2.21. The van der Waals surface area contributed by atoms with E-state index in [0.717, 1.165) is 33.3 Å². The minimum absolute atomic E-state index is 0.180. The molecule has 6 heteroatoms. The zero-order valence-electron chi connectivity index (χ0n) is 10.4. The van der Waals surface area contributed by atoms with Crippen LogP contribution in [0, 0.1) is 12.7 Å². The van der Waals surface area contributed by atoms with Gasteiger partial charge in [0.25, 0.3) is 5.56 Å². The van der Waals surface area contributed by atoms with Gasteiger partial charge in [0.2, 0.25) is 5.91 Å². The molecule has 100 valence electrons. The summed E-state index contributed by atoms with van der Waals surface area (Å²) < 4.78 is 14.0. The maximum absolute atomic E-state index is 13.0. The molecule has 0 bridgehead atoms. The van der Waals surface area contributed by atoms with Crippen molar-refractivity contribution in [2.45, 2.75) is 20.0 Å². The molecule has 4 nitrogen and oxygen atoms in total. The third kappa shape index (κ3) is 3.51. The number of nitrogens with zero attached hydrogens (tertiary/aromatic N) is 1. The van der Waals surface area contributed by atoms with Crippen LogP contribution in [0.4, 0.5) is 4.39 Å². The largest absolute Gasteiger partial charge is 0.350 e. The van der Waals surface area contributed by atoms with Crippen molar-refractivity contribution in [1.29, 1.82) is 0 Å². The van der Waals surface area contributed by atoms with E-state index in [0.29, 0.717) is 6.54 Å². The van der Waals surface area contributed by atoms with Gasteiger partial charge in [0.1, 0.15) is 12.4 Å². The Morgan fingerprint density at radius 2 is 2.21 bits per heavy atom. The van der Waals surface area contributed by atoms with Crippen molar-refractivity contribution in [2.24, 2.45) is 0 Å². The number of nitrogens with one attached hydrogen (secondary N) is 1. The van der Waals surface area contributed by atoms with Gasteiger partial charge in [-0.15, -0.1) is 11.3 Å². The maximum atomic E-state index is 13.0. The minimum atomic E-state index is -0.540. The molecule has 0 aliphatic carbocycles. The molecule has 0 fully saturated rings. The number of carbonyl (C=O) groups is 1. The van der Waals surface area contributed by atoms with Gasteiger partial charge in [-0.05, 0) is 30.0 Å². The third-order valence-electron chi connectivity index (χ3n) is 2.68. The molecule has 0 aliphatic rings. The molecule has 0 saturated carbocycles. The molecule has 1 N–H and O–H groups in total. The lowest BCUT2D eigenvalue weighted by Crippen LogP contribution is -2.31. The lowest BCUT2D eigenvalue weighted by Gasteiger charge is -2.07. The van der Waals surface area contributed by atoms with Crippen molar-refractivity contribution in [1.82, 2.24) is 9.88 Å². The Hall–Kier alpha value is -1.95. The summed E-state index contributed by atoms with van der Waals surface area (Å²) in [7, 11) is 0. The highest BCUT2D eigenvalue weighted by molar-refractivity contribution is 7.10. The lowest BCUT2D eigenvalue weighted by atomic mass is 10.3. The summed E-state index contributed by atoms with van der Waals surface area (Å²) >= 11 is 1.56. The summed E-state index contributed by atoms with van der Waals surface area (Å²) in [5, 5.41) is 4.66. The van der Waals surface area contributed by atoms with E-state index in [-0.39, 0.29) is 12.5 Å². The predicted octanol–water partition coefficient (Wildman–Crippen LogP) is 1.67. The van der Waals surface area contributed by atoms with Crippen LogP contribution in [0.5, 0.6) is 0 Å². The van der Waals surface area contributed by atoms with E-state index in [1.54, 1.807) is 11.3 Å². The van der Waals surface area contributed by atoms with Crippen LogP contribution in [0.25, 0.3) is 0 Å². The fourth-order valence-corrected chi connectivity index (χ4v) is 2.45. The second-order valence-corrected chi connectivity index (χ2v) is 5.12. The van der Waals surface area contributed by atoms with E-state index in [2.05, 4.69) is 5.32 Å². The molecule has 0 unspecified atom stereocenters. The van der Waals surface area contributed by atoms with Crippen LogP contribution in [0.15, 0.2) is 34.6 Å². The number of halogens is 1. The Balaban J connectivity index is 1.96. The molecule has 0 aromatic carbocycles. The Labute approximate surface area is 113 Å². The van der Waals surface area contributed by atoms with Crippen LogP contribution in [0.2, 0.25) is 0 Å². The number of thiophene rings is 1. The maximum Gasteiger partial charge on any atom is 0.251 e. The van der Waals surface area contributed by atoms with Gasteiger partial charge in [0.15, 0.2) is 0 Å². The van der Waals surface area contributed by atoms with Crippen LogP contribution in [-0.4, -0.2) is 10.5 Å². The standard InChI is InChI=1S/C13H13FN2O2S/c1-9-4-5-19-11(9)6-15-12(17)8-16-7-10(14)2-3-13(16)18/h2-5,7H,6,8H2,1H3,(H,15,17). The molecule has 19 heavy (non-hydrogen) atoms. The first kappa shape index (κ1) is 13.5. The number of amides is 1. The minimum Gasteiger partial charge on any atom is -0.350 e. The average Bonchev–Trinajstić information content (AvgIpc) is 2.77. The smallest absolute Gasteiger partial charge is 0.251 e. The molecular weight excluding hydrogens is 267 g/mol. The van der Waals surface area contributed by atoms with Gasteiger partial charge >= 0.3 is 0 Å². The van der Waals surface area contributed by atoms with Gasteiger partial charge in [-0.2, -0.15) is 0 Å². The normalized spacial score (nSPS) is 10.4. The van der Waals surface area contributed by atoms with Crippen LogP contribution in [0.1, 0.15) is 10.4 Å². The Morgan fingerprint density at radius 1 is 1.42 bits per heavy atom. The molecule has 2 aromatic heterocycles. The molecule has 0 atom stereocenters. The molecular formula is C13H13FN2O2S. The van der Waals surface area contributed by atoms with Crippen LogP contribution in [-0.2, 0) is 17.9 Å². The Bertz CT molecular complexity index is 648. The van der Waals surface area contributed by atoms with Crippen molar-refractivity contribution in [3.05, 3.63) is 56.4 Å². The Morgan fingerprint density at radius 3 is 2.89 bits per heavy atom. The number of hydrogen-bond donors (Lipinski definition) is 1. The van der Waals surface area contributed by atoms with Gasteiger partial charge in [0.05, 0.1) is 6.54 Å².